The molecule has 0 unspecified atom stereocenters. The van der Waals surface area contributed by atoms with E-state index in [1.54, 1.807) is 0 Å². The number of H-pyrrole nitrogens is 1. The van der Waals surface area contributed by atoms with Crippen LogP contribution in [0.3, 0.4) is 0 Å². The molecule has 0 aliphatic rings. The van der Waals surface area contributed by atoms with Crippen LogP contribution in [0, 0.1) is 0 Å². The zero-order valence-electron chi connectivity index (χ0n) is 9.73. The van der Waals surface area contributed by atoms with Crippen LogP contribution in [0.2, 0.25) is 0 Å². The third kappa shape index (κ3) is 2.38. The average Bonchev–Trinajstić information content (AvgIpc) is 3.07. The normalized spacial score (nSPS) is 10.4. The van der Waals surface area contributed by atoms with E-state index in [0.29, 0.717) is 0 Å². The van der Waals surface area contributed by atoms with E-state index >= 15 is 0 Å². The summed E-state index contributed by atoms with van der Waals surface area (Å²) in [6.07, 6.45) is 0. The van der Waals surface area contributed by atoms with Crippen LogP contribution in [0.25, 0.3) is 22.1 Å². The molecule has 2 heterocycles. The monoisotopic (exact) mass is 272 g/mol. The second-order valence-electron chi connectivity index (χ2n) is 3.75. The molecule has 0 spiro atoms. The number of fused-ring (bicyclic) bond motifs is 2. The molecule has 2 aromatic heterocycles. The van der Waals surface area contributed by atoms with E-state index in [9.17, 15) is 0 Å². The Morgan fingerprint density at radius 3 is 2.05 bits per heavy atom. The molecule has 1 N–H and O–H groups in total. The second-order valence-corrected chi connectivity index (χ2v) is 4.07. The molecule has 0 amide bonds. The molecular formula is C12H9ClN6. The lowest BCUT2D eigenvalue weighted by Gasteiger charge is -1.84. The van der Waals surface area contributed by atoms with E-state index in [-0.39, 0.29) is 0 Å². The Morgan fingerprint density at radius 1 is 0.842 bits per heavy atom. The number of aromatic amines is 1. The van der Waals surface area contributed by atoms with Gasteiger partial charge in [-0.3, -0.25) is 0 Å². The van der Waals surface area contributed by atoms with Crippen molar-refractivity contribution in [2.24, 2.45) is 0 Å². The van der Waals surface area contributed by atoms with Crippen molar-refractivity contribution in [2.45, 2.75) is 0 Å². The minimum atomic E-state index is 0.817. The Hall–Kier alpha value is -2.47. The minimum Gasteiger partial charge on any atom is -0.197 e. The number of nitrogens with one attached hydrogen (secondary N) is 1. The summed E-state index contributed by atoms with van der Waals surface area (Å²) in [5.41, 5.74) is 3.48. The highest BCUT2D eigenvalue weighted by Gasteiger charge is 1.97. The number of benzene rings is 2. The van der Waals surface area contributed by atoms with Gasteiger partial charge in [0.15, 0.2) is 0 Å². The number of rotatable bonds is 0. The van der Waals surface area contributed by atoms with Crippen molar-refractivity contribution in [3.8, 4) is 0 Å². The van der Waals surface area contributed by atoms with Crippen LogP contribution in [0.15, 0.2) is 48.5 Å². The molecule has 0 aliphatic heterocycles. The molecule has 0 fully saturated rings. The molecule has 7 heteroatoms. The summed E-state index contributed by atoms with van der Waals surface area (Å²) in [7, 11) is 0. The van der Waals surface area contributed by atoms with Gasteiger partial charge < -0.3 is 0 Å². The molecule has 0 saturated heterocycles. The Kier molecular flexibility index (Phi) is 3.07. The molecule has 6 nitrogen and oxygen atoms in total. The molecule has 0 atom stereocenters. The summed E-state index contributed by atoms with van der Waals surface area (Å²) in [6.45, 7) is 0. The summed E-state index contributed by atoms with van der Waals surface area (Å²) in [5, 5.41) is 17.7. The predicted octanol–water partition coefficient (Wildman–Crippen LogP) is 2.39. The highest BCUT2D eigenvalue weighted by molar-refractivity contribution is 6.17. The molecule has 4 rings (SSSR count). The highest BCUT2D eigenvalue weighted by Crippen LogP contribution is 2.09. The van der Waals surface area contributed by atoms with Crippen LogP contribution in [-0.2, 0) is 0 Å². The molecular weight excluding hydrogens is 264 g/mol. The van der Waals surface area contributed by atoms with Crippen molar-refractivity contribution in [1.82, 2.24) is 29.9 Å². The largest absolute Gasteiger partial charge is 0.197 e. The van der Waals surface area contributed by atoms with Crippen molar-refractivity contribution < 1.29 is 0 Å². The lowest BCUT2D eigenvalue weighted by molar-refractivity contribution is 0.899. The van der Waals surface area contributed by atoms with Crippen LogP contribution in [0.5, 0.6) is 0 Å². The third-order valence-electron chi connectivity index (χ3n) is 2.53. The van der Waals surface area contributed by atoms with Crippen molar-refractivity contribution in [2.75, 3.05) is 0 Å². The Morgan fingerprint density at radius 2 is 1.42 bits per heavy atom. The van der Waals surface area contributed by atoms with Gasteiger partial charge in [-0.15, -0.1) is 5.10 Å². The molecule has 2 aromatic carbocycles. The Balaban J connectivity index is 0.000000117. The number of halogens is 1. The first kappa shape index (κ1) is 11.6. The first-order valence-electron chi connectivity index (χ1n) is 5.57. The van der Waals surface area contributed by atoms with Gasteiger partial charge >= 0.3 is 0 Å². The summed E-state index contributed by atoms with van der Waals surface area (Å²) < 4.78 is 1.23. The SMILES string of the molecule is Cln1nnc2ccccc21.c1ccc2n[nH]nc2c1. The van der Waals surface area contributed by atoms with Gasteiger partial charge in [0.25, 0.3) is 0 Å². The number of aromatic nitrogens is 6. The third-order valence-corrected chi connectivity index (χ3v) is 2.78. The van der Waals surface area contributed by atoms with E-state index in [0.717, 1.165) is 22.1 Å². The van der Waals surface area contributed by atoms with Gasteiger partial charge in [-0.1, -0.05) is 24.3 Å². The molecule has 0 radical (unpaired) electrons. The van der Waals surface area contributed by atoms with Crippen molar-refractivity contribution in [3.63, 3.8) is 0 Å². The molecule has 0 aliphatic carbocycles. The molecule has 0 bridgehead atoms. The van der Waals surface area contributed by atoms with Crippen LogP contribution in [0.4, 0.5) is 0 Å². The molecule has 0 saturated carbocycles. The van der Waals surface area contributed by atoms with E-state index in [2.05, 4.69) is 25.7 Å². The maximum Gasteiger partial charge on any atom is 0.114 e. The zero-order chi connectivity index (χ0) is 13.1. The topological polar surface area (TPSA) is 72.3 Å². The van der Waals surface area contributed by atoms with Crippen LogP contribution < -0.4 is 0 Å². The fraction of sp³-hybridized carbons (Fsp3) is 0. The van der Waals surface area contributed by atoms with Gasteiger partial charge in [0.1, 0.15) is 22.1 Å². The summed E-state index contributed by atoms with van der Waals surface area (Å²) >= 11 is 5.62. The van der Waals surface area contributed by atoms with E-state index in [4.69, 9.17) is 11.8 Å². The van der Waals surface area contributed by atoms with E-state index in [1.165, 1.54) is 4.20 Å². The Labute approximate surface area is 113 Å². The maximum absolute atomic E-state index is 5.62. The number of para-hydroxylation sites is 3. The lowest BCUT2D eigenvalue weighted by atomic mass is 10.3. The smallest absolute Gasteiger partial charge is 0.114 e. The summed E-state index contributed by atoms with van der Waals surface area (Å²) in [6, 6.07) is 15.2. The summed E-state index contributed by atoms with van der Waals surface area (Å²) in [4.78, 5) is 0. The van der Waals surface area contributed by atoms with E-state index < -0.39 is 0 Å². The molecule has 4 aromatic rings. The first-order chi connectivity index (χ1) is 9.34. The van der Waals surface area contributed by atoms with Crippen LogP contribution in [-0.4, -0.2) is 29.9 Å². The molecule has 19 heavy (non-hydrogen) atoms. The van der Waals surface area contributed by atoms with Gasteiger partial charge in [0.2, 0.25) is 0 Å². The van der Waals surface area contributed by atoms with Gasteiger partial charge in [0.05, 0.1) is 0 Å². The standard InChI is InChI=1S/C6H4ClN3.C6H5N3/c7-10-6-4-2-1-3-5(6)8-9-10;1-2-4-6-5(3-1)7-9-8-6/h1-4H;1-4H,(H,7,8,9). The van der Waals surface area contributed by atoms with Crippen LogP contribution >= 0.6 is 11.8 Å². The van der Waals surface area contributed by atoms with Crippen LogP contribution in [0.1, 0.15) is 0 Å². The van der Waals surface area contributed by atoms with Crippen molar-refractivity contribution in [1.29, 1.82) is 0 Å². The number of hydrogen-bond donors (Lipinski definition) is 1. The van der Waals surface area contributed by atoms with E-state index in [1.807, 2.05) is 48.5 Å². The average molecular weight is 273 g/mol. The number of hydrogen-bond acceptors (Lipinski definition) is 4. The lowest BCUT2D eigenvalue weighted by Crippen LogP contribution is -1.79. The zero-order valence-corrected chi connectivity index (χ0v) is 10.5. The van der Waals surface area contributed by atoms with Crippen molar-refractivity contribution in [3.05, 3.63) is 48.5 Å². The maximum atomic E-state index is 5.62. The second kappa shape index (κ2) is 5.03. The van der Waals surface area contributed by atoms with Crippen molar-refractivity contribution >= 4 is 33.8 Å². The predicted molar refractivity (Wildman–Crippen MR) is 72.7 cm³/mol. The van der Waals surface area contributed by atoms with Gasteiger partial charge in [-0.25, -0.2) is 0 Å². The van der Waals surface area contributed by atoms with Gasteiger partial charge in [-0.2, -0.15) is 19.6 Å². The summed E-state index contributed by atoms with van der Waals surface area (Å²) in [5.74, 6) is 0. The van der Waals surface area contributed by atoms with Gasteiger partial charge in [-0.05, 0) is 29.5 Å². The highest BCUT2D eigenvalue weighted by atomic mass is 35.5. The minimum absolute atomic E-state index is 0.817. The van der Waals surface area contributed by atoms with Gasteiger partial charge in [0, 0.05) is 11.8 Å². The molecule has 94 valence electrons. The first-order valence-corrected chi connectivity index (χ1v) is 5.90. The fourth-order valence-electron chi connectivity index (χ4n) is 1.63. The fourth-order valence-corrected chi connectivity index (χ4v) is 1.80. The Bertz CT molecular complexity index is 776. The quantitative estimate of drug-likeness (QED) is 0.533. The number of nitrogens with zero attached hydrogens (tertiary/aromatic N) is 5.